The summed E-state index contributed by atoms with van der Waals surface area (Å²) in [5, 5.41) is 28.7. The molecule has 78 valence electrons. The SMILES string of the molecule is O=NOC1=C(O)[C@@H]([C@@H](O)CO)OC1=O. The molecule has 3 N–H and O–H groups in total. The second-order valence-corrected chi connectivity index (χ2v) is 2.46. The number of cyclic esters (lactones) is 1. The van der Waals surface area contributed by atoms with Gasteiger partial charge in [0, 0.05) is 0 Å². The van der Waals surface area contributed by atoms with E-state index < -0.39 is 36.3 Å². The Morgan fingerprint density at radius 1 is 1.64 bits per heavy atom. The first-order chi connectivity index (χ1) is 6.61. The van der Waals surface area contributed by atoms with Gasteiger partial charge in [0.2, 0.25) is 0 Å². The van der Waals surface area contributed by atoms with E-state index >= 15 is 0 Å². The van der Waals surface area contributed by atoms with E-state index in [9.17, 15) is 14.8 Å². The molecule has 0 unspecified atom stereocenters. The van der Waals surface area contributed by atoms with Gasteiger partial charge in [0.1, 0.15) is 6.10 Å². The Bertz CT molecular complexity index is 286. The molecular formula is C6H7NO7. The molecule has 0 fully saturated rings. The molecule has 14 heavy (non-hydrogen) atoms. The summed E-state index contributed by atoms with van der Waals surface area (Å²) in [6.07, 6.45) is -2.91. The van der Waals surface area contributed by atoms with Crippen LogP contribution >= 0.6 is 0 Å². The van der Waals surface area contributed by atoms with Gasteiger partial charge in [-0.2, -0.15) is 0 Å². The fourth-order valence-corrected chi connectivity index (χ4v) is 0.936. The monoisotopic (exact) mass is 205 g/mol. The van der Waals surface area contributed by atoms with Crippen LogP contribution in [-0.2, 0) is 14.4 Å². The van der Waals surface area contributed by atoms with Crippen LogP contribution in [0.3, 0.4) is 0 Å². The highest BCUT2D eigenvalue weighted by atomic mass is 16.7. The van der Waals surface area contributed by atoms with E-state index in [4.69, 9.17) is 10.2 Å². The van der Waals surface area contributed by atoms with Gasteiger partial charge < -0.3 is 24.9 Å². The highest BCUT2D eigenvalue weighted by molar-refractivity contribution is 5.89. The van der Waals surface area contributed by atoms with Gasteiger partial charge in [-0.3, -0.25) is 0 Å². The lowest BCUT2D eigenvalue weighted by Crippen LogP contribution is -2.31. The number of carbonyl (C=O) groups excluding carboxylic acids is 1. The van der Waals surface area contributed by atoms with Crippen molar-refractivity contribution in [1.29, 1.82) is 0 Å². The molecule has 1 heterocycles. The van der Waals surface area contributed by atoms with Gasteiger partial charge in [-0.05, 0) is 0 Å². The molecule has 1 aliphatic heterocycles. The Morgan fingerprint density at radius 3 is 2.79 bits per heavy atom. The lowest BCUT2D eigenvalue weighted by atomic mass is 10.2. The number of aliphatic hydroxyl groups is 3. The van der Waals surface area contributed by atoms with Crippen LogP contribution in [-0.4, -0.2) is 40.1 Å². The van der Waals surface area contributed by atoms with Gasteiger partial charge in [-0.15, -0.1) is 4.91 Å². The van der Waals surface area contributed by atoms with E-state index in [0.717, 1.165) is 0 Å². The molecule has 0 aromatic rings. The molecule has 8 heteroatoms. The van der Waals surface area contributed by atoms with Crippen molar-refractivity contribution in [2.75, 3.05) is 6.61 Å². The summed E-state index contributed by atoms with van der Waals surface area (Å²) < 4.78 is 4.39. The molecule has 0 amide bonds. The van der Waals surface area contributed by atoms with Crippen LogP contribution in [0.15, 0.2) is 16.9 Å². The number of esters is 1. The molecular weight excluding hydrogens is 198 g/mol. The summed E-state index contributed by atoms with van der Waals surface area (Å²) in [7, 11) is 0. The average molecular weight is 205 g/mol. The lowest BCUT2D eigenvalue weighted by molar-refractivity contribution is -0.148. The molecule has 0 aliphatic carbocycles. The molecule has 8 nitrogen and oxygen atoms in total. The zero-order chi connectivity index (χ0) is 10.7. The third kappa shape index (κ3) is 1.65. The first-order valence-electron chi connectivity index (χ1n) is 3.54. The smallest absolute Gasteiger partial charge is 0.381 e. The van der Waals surface area contributed by atoms with E-state index in [1.54, 1.807) is 0 Å². The third-order valence-corrected chi connectivity index (χ3v) is 1.59. The summed E-state index contributed by atoms with van der Waals surface area (Å²) >= 11 is 0. The van der Waals surface area contributed by atoms with Crippen molar-refractivity contribution in [3.05, 3.63) is 16.4 Å². The number of carbonyl (C=O) groups is 1. The minimum atomic E-state index is -1.48. The molecule has 1 rings (SSSR count). The zero-order valence-corrected chi connectivity index (χ0v) is 6.78. The Morgan fingerprint density at radius 2 is 2.29 bits per heavy atom. The van der Waals surface area contributed by atoms with E-state index in [0.29, 0.717) is 0 Å². The van der Waals surface area contributed by atoms with Crippen molar-refractivity contribution in [3.63, 3.8) is 0 Å². The van der Waals surface area contributed by atoms with E-state index in [1.165, 1.54) is 0 Å². The Labute approximate surface area is 77.3 Å². The van der Waals surface area contributed by atoms with E-state index in [-0.39, 0.29) is 0 Å². The van der Waals surface area contributed by atoms with Crippen molar-refractivity contribution in [2.24, 2.45) is 5.34 Å². The summed E-state index contributed by atoms with van der Waals surface area (Å²) in [5.74, 6) is -2.67. The minimum absolute atomic E-state index is 0.718. The van der Waals surface area contributed by atoms with Crippen LogP contribution in [0.4, 0.5) is 0 Å². The highest BCUT2D eigenvalue weighted by Gasteiger charge is 2.41. The number of aliphatic hydroxyl groups excluding tert-OH is 3. The topological polar surface area (TPSA) is 126 Å². The quantitative estimate of drug-likeness (QED) is 0.297. The number of hydrogen-bond acceptors (Lipinski definition) is 8. The van der Waals surface area contributed by atoms with Crippen LogP contribution in [0.1, 0.15) is 0 Å². The Balaban J connectivity index is 2.86. The van der Waals surface area contributed by atoms with Gasteiger partial charge in [-0.1, -0.05) is 0 Å². The Hall–Kier alpha value is -1.67. The molecule has 0 saturated carbocycles. The zero-order valence-electron chi connectivity index (χ0n) is 6.78. The molecule has 0 saturated heterocycles. The lowest BCUT2D eigenvalue weighted by Gasteiger charge is -2.13. The number of nitrogens with zero attached hydrogens (tertiary/aromatic N) is 1. The maximum Gasteiger partial charge on any atom is 0.381 e. The van der Waals surface area contributed by atoms with Crippen molar-refractivity contribution in [2.45, 2.75) is 12.2 Å². The molecule has 0 bridgehead atoms. The van der Waals surface area contributed by atoms with Crippen molar-refractivity contribution < 1.29 is 29.7 Å². The number of rotatable bonds is 4. The summed E-state index contributed by atoms with van der Waals surface area (Å²) in [6, 6.07) is 0. The second kappa shape index (κ2) is 4.03. The molecule has 0 aromatic carbocycles. The number of hydrogen-bond donors (Lipinski definition) is 3. The van der Waals surface area contributed by atoms with E-state index in [1.807, 2.05) is 5.34 Å². The normalized spacial score (nSPS) is 23.3. The summed E-state index contributed by atoms with van der Waals surface area (Å²) in [6.45, 7) is -0.718. The van der Waals surface area contributed by atoms with Gasteiger partial charge in [0.25, 0.3) is 5.76 Å². The van der Waals surface area contributed by atoms with Crippen LogP contribution in [0.5, 0.6) is 0 Å². The van der Waals surface area contributed by atoms with Gasteiger partial charge in [-0.25, -0.2) is 4.79 Å². The summed E-state index contributed by atoms with van der Waals surface area (Å²) in [4.78, 5) is 24.4. The van der Waals surface area contributed by atoms with Crippen molar-refractivity contribution in [1.82, 2.24) is 0 Å². The fourth-order valence-electron chi connectivity index (χ4n) is 0.936. The van der Waals surface area contributed by atoms with Crippen LogP contribution < -0.4 is 0 Å². The van der Waals surface area contributed by atoms with Gasteiger partial charge >= 0.3 is 5.97 Å². The van der Waals surface area contributed by atoms with Gasteiger partial charge in [0.05, 0.1) is 6.61 Å². The molecule has 2 atom stereocenters. The first-order valence-corrected chi connectivity index (χ1v) is 3.54. The maximum absolute atomic E-state index is 10.8. The van der Waals surface area contributed by atoms with Gasteiger partial charge in [0.15, 0.2) is 17.2 Å². The van der Waals surface area contributed by atoms with Crippen molar-refractivity contribution in [3.8, 4) is 0 Å². The second-order valence-electron chi connectivity index (χ2n) is 2.46. The van der Waals surface area contributed by atoms with Crippen LogP contribution in [0.25, 0.3) is 0 Å². The van der Waals surface area contributed by atoms with Crippen molar-refractivity contribution >= 4 is 5.97 Å². The van der Waals surface area contributed by atoms with Crippen LogP contribution in [0.2, 0.25) is 0 Å². The van der Waals surface area contributed by atoms with E-state index in [2.05, 4.69) is 9.57 Å². The number of ether oxygens (including phenoxy) is 1. The maximum atomic E-state index is 10.8. The molecule has 1 aliphatic rings. The third-order valence-electron chi connectivity index (χ3n) is 1.59. The highest BCUT2D eigenvalue weighted by Crippen LogP contribution is 2.23. The molecule has 0 radical (unpaired) electrons. The summed E-state index contributed by atoms with van der Waals surface area (Å²) in [5.41, 5.74) is 0. The first kappa shape index (κ1) is 10.4. The molecule has 0 aromatic heterocycles. The average Bonchev–Trinajstić information content (AvgIpc) is 2.45. The Kier molecular flexibility index (Phi) is 2.99. The van der Waals surface area contributed by atoms with Crippen LogP contribution in [0, 0.1) is 4.91 Å². The standard InChI is InChI=1S/C6H7NO7/c8-1-2(9)4-3(10)5(14-7-12)6(11)13-4/h2,4,8-10H,1H2/t2-,4+/m0/s1. The fraction of sp³-hybridized carbons (Fsp3) is 0.500. The minimum Gasteiger partial charge on any atom is -0.505 e. The largest absolute Gasteiger partial charge is 0.505 e. The predicted octanol–water partition coefficient (Wildman–Crippen LogP) is -1.27. The molecule has 0 spiro atoms. The predicted molar refractivity (Wildman–Crippen MR) is 39.5 cm³/mol.